The van der Waals surface area contributed by atoms with E-state index >= 15 is 0 Å². The van der Waals surface area contributed by atoms with Gasteiger partial charge in [-0.2, -0.15) is 0 Å². The first kappa shape index (κ1) is 15.4. The molecule has 1 atom stereocenters. The lowest BCUT2D eigenvalue weighted by atomic mass is 10.1. The predicted octanol–water partition coefficient (Wildman–Crippen LogP) is 2.74. The first-order valence-corrected chi connectivity index (χ1v) is 9.49. The number of carbonyl (C=O) groups excluding carboxylic acids is 1. The number of amides is 1. The Balaban J connectivity index is 1.47. The number of nitrogens with zero attached hydrogens (tertiary/aromatic N) is 3. The first-order valence-electron chi connectivity index (χ1n) is 7.88. The molecule has 2 saturated heterocycles. The highest BCUT2D eigenvalue weighted by atomic mass is 79.9. The van der Waals surface area contributed by atoms with Crippen LogP contribution in [0, 0.1) is 5.92 Å². The molecule has 7 heteroatoms. The molecule has 1 amide bonds. The van der Waals surface area contributed by atoms with E-state index in [0.29, 0.717) is 13.2 Å². The first-order chi connectivity index (χ1) is 11.2. The van der Waals surface area contributed by atoms with E-state index in [1.807, 2.05) is 17.0 Å². The molecule has 2 fully saturated rings. The molecule has 0 radical (unpaired) electrons. The molecular weight excluding hydrogens is 378 g/mol. The highest BCUT2D eigenvalue weighted by Gasteiger charge is 2.33. The molecule has 0 N–H and O–H groups in total. The van der Waals surface area contributed by atoms with Crippen molar-refractivity contribution in [1.82, 2.24) is 9.88 Å². The van der Waals surface area contributed by atoms with Gasteiger partial charge in [-0.1, -0.05) is 27.3 Å². The molecule has 1 aromatic carbocycles. The van der Waals surface area contributed by atoms with Crippen LogP contribution in [0.2, 0.25) is 0 Å². The van der Waals surface area contributed by atoms with E-state index in [0.717, 1.165) is 47.7 Å². The minimum atomic E-state index is 0.0897. The third-order valence-electron chi connectivity index (χ3n) is 4.47. The number of thiazole rings is 1. The summed E-state index contributed by atoms with van der Waals surface area (Å²) in [6.07, 6.45) is 0.913. The van der Waals surface area contributed by atoms with Crippen molar-refractivity contribution >= 4 is 48.5 Å². The van der Waals surface area contributed by atoms with Crippen molar-refractivity contribution in [2.75, 3.05) is 44.3 Å². The summed E-state index contributed by atoms with van der Waals surface area (Å²) in [5.41, 5.74) is 1.02. The second-order valence-corrected chi connectivity index (χ2v) is 7.90. The fourth-order valence-corrected chi connectivity index (χ4v) is 4.75. The number of morpholine rings is 1. The number of rotatable bonds is 2. The molecule has 4 rings (SSSR count). The summed E-state index contributed by atoms with van der Waals surface area (Å²) in [4.78, 5) is 21.5. The molecule has 3 heterocycles. The van der Waals surface area contributed by atoms with E-state index in [4.69, 9.17) is 9.72 Å². The summed E-state index contributed by atoms with van der Waals surface area (Å²) in [6, 6.07) is 6.15. The maximum atomic E-state index is 12.6. The summed E-state index contributed by atoms with van der Waals surface area (Å²) >= 11 is 5.20. The molecule has 5 nitrogen and oxygen atoms in total. The van der Waals surface area contributed by atoms with Crippen LogP contribution in [0.15, 0.2) is 22.7 Å². The van der Waals surface area contributed by atoms with Gasteiger partial charge in [0.25, 0.3) is 0 Å². The molecule has 0 bridgehead atoms. The lowest BCUT2D eigenvalue weighted by Crippen LogP contribution is -2.44. The maximum Gasteiger partial charge on any atom is 0.227 e. The summed E-state index contributed by atoms with van der Waals surface area (Å²) in [5.74, 6) is 0.367. The van der Waals surface area contributed by atoms with Crippen molar-refractivity contribution < 1.29 is 9.53 Å². The van der Waals surface area contributed by atoms with E-state index in [1.54, 1.807) is 11.3 Å². The zero-order chi connectivity index (χ0) is 15.8. The molecule has 0 spiro atoms. The number of fused-ring (bicyclic) bond motifs is 1. The van der Waals surface area contributed by atoms with Crippen LogP contribution >= 0.6 is 27.3 Å². The second-order valence-electron chi connectivity index (χ2n) is 5.98. The zero-order valence-corrected chi connectivity index (χ0v) is 15.1. The molecule has 122 valence electrons. The smallest absolute Gasteiger partial charge is 0.227 e. The zero-order valence-electron chi connectivity index (χ0n) is 12.7. The van der Waals surface area contributed by atoms with Crippen molar-refractivity contribution in [3.63, 3.8) is 0 Å². The van der Waals surface area contributed by atoms with Crippen molar-refractivity contribution in [3.8, 4) is 0 Å². The highest BCUT2D eigenvalue weighted by Crippen LogP contribution is 2.33. The van der Waals surface area contributed by atoms with E-state index in [9.17, 15) is 4.79 Å². The van der Waals surface area contributed by atoms with E-state index in [2.05, 4.69) is 26.9 Å². The van der Waals surface area contributed by atoms with Gasteiger partial charge in [-0.15, -0.1) is 0 Å². The Morgan fingerprint density at radius 3 is 2.96 bits per heavy atom. The second kappa shape index (κ2) is 6.37. The molecular formula is C16H18BrN3O2S. The van der Waals surface area contributed by atoms with Crippen LogP contribution in [-0.4, -0.2) is 55.2 Å². The number of ether oxygens (including phenoxy) is 1. The molecule has 1 unspecified atom stereocenters. The molecule has 23 heavy (non-hydrogen) atoms. The number of halogens is 1. The molecule has 0 saturated carbocycles. The van der Waals surface area contributed by atoms with Gasteiger partial charge in [-0.3, -0.25) is 4.79 Å². The van der Waals surface area contributed by atoms with Crippen molar-refractivity contribution in [3.05, 3.63) is 22.7 Å². The molecule has 0 aliphatic carbocycles. The number of anilines is 1. The molecule has 1 aromatic heterocycles. The van der Waals surface area contributed by atoms with Crippen LogP contribution in [0.1, 0.15) is 6.42 Å². The largest absolute Gasteiger partial charge is 0.378 e. The van der Waals surface area contributed by atoms with Crippen LogP contribution in [0.5, 0.6) is 0 Å². The average Bonchev–Trinajstić information content (AvgIpc) is 3.21. The summed E-state index contributed by atoms with van der Waals surface area (Å²) in [6.45, 7) is 4.46. The average molecular weight is 396 g/mol. The van der Waals surface area contributed by atoms with Gasteiger partial charge in [0, 0.05) is 30.7 Å². The quantitative estimate of drug-likeness (QED) is 0.783. The normalized spacial score (nSPS) is 22.0. The minimum Gasteiger partial charge on any atom is -0.378 e. The Labute approximate surface area is 147 Å². The fraction of sp³-hybridized carbons (Fsp3) is 0.500. The van der Waals surface area contributed by atoms with Crippen LogP contribution in [0.25, 0.3) is 10.2 Å². The third-order valence-corrected chi connectivity index (χ3v) is 6.04. The minimum absolute atomic E-state index is 0.0897. The number of hydrogen-bond acceptors (Lipinski definition) is 5. The summed E-state index contributed by atoms with van der Waals surface area (Å²) in [7, 11) is 0. The monoisotopic (exact) mass is 395 g/mol. The molecule has 2 aliphatic heterocycles. The Morgan fingerprint density at radius 2 is 2.13 bits per heavy atom. The summed E-state index contributed by atoms with van der Waals surface area (Å²) < 4.78 is 7.58. The van der Waals surface area contributed by atoms with Gasteiger partial charge in [0.2, 0.25) is 5.91 Å². The fourth-order valence-electron chi connectivity index (χ4n) is 3.20. The Kier molecular flexibility index (Phi) is 4.26. The maximum absolute atomic E-state index is 12.6. The van der Waals surface area contributed by atoms with E-state index in [1.165, 1.54) is 4.70 Å². The van der Waals surface area contributed by atoms with Gasteiger partial charge in [0.1, 0.15) is 0 Å². The number of aromatic nitrogens is 1. The standard InChI is InChI=1S/C16H18BrN3O2S/c17-12-1-2-13-14(9-12)23-16(18-13)20-4-3-11(10-20)15(21)19-5-7-22-8-6-19/h1-2,9,11H,3-8,10H2. The number of benzene rings is 1. The van der Waals surface area contributed by atoms with Crippen molar-refractivity contribution in [2.45, 2.75) is 6.42 Å². The lowest BCUT2D eigenvalue weighted by molar-refractivity contribution is -0.138. The van der Waals surface area contributed by atoms with Gasteiger partial charge in [-0.05, 0) is 24.6 Å². The Morgan fingerprint density at radius 1 is 1.30 bits per heavy atom. The van der Waals surface area contributed by atoms with Gasteiger partial charge < -0.3 is 14.5 Å². The van der Waals surface area contributed by atoms with Gasteiger partial charge in [0.05, 0.1) is 29.3 Å². The summed E-state index contributed by atoms with van der Waals surface area (Å²) in [5, 5.41) is 1.02. The van der Waals surface area contributed by atoms with E-state index in [-0.39, 0.29) is 11.8 Å². The Hall–Kier alpha value is -1.18. The number of hydrogen-bond donors (Lipinski definition) is 0. The van der Waals surface area contributed by atoms with Crippen molar-refractivity contribution in [2.24, 2.45) is 5.92 Å². The van der Waals surface area contributed by atoms with Crippen LogP contribution in [-0.2, 0) is 9.53 Å². The van der Waals surface area contributed by atoms with Crippen LogP contribution < -0.4 is 4.90 Å². The topological polar surface area (TPSA) is 45.7 Å². The van der Waals surface area contributed by atoms with Crippen molar-refractivity contribution in [1.29, 1.82) is 0 Å². The lowest BCUT2D eigenvalue weighted by Gasteiger charge is -2.29. The van der Waals surface area contributed by atoms with Gasteiger partial charge >= 0.3 is 0 Å². The Bertz CT molecular complexity index is 729. The highest BCUT2D eigenvalue weighted by molar-refractivity contribution is 9.10. The van der Waals surface area contributed by atoms with Crippen LogP contribution in [0.4, 0.5) is 5.13 Å². The molecule has 2 aromatic rings. The molecule has 2 aliphatic rings. The van der Waals surface area contributed by atoms with Gasteiger partial charge in [0.15, 0.2) is 5.13 Å². The predicted molar refractivity (Wildman–Crippen MR) is 95.0 cm³/mol. The van der Waals surface area contributed by atoms with Crippen LogP contribution in [0.3, 0.4) is 0 Å². The SMILES string of the molecule is O=C(C1CCN(c2nc3ccc(Br)cc3s2)C1)N1CCOCC1. The van der Waals surface area contributed by atoms with E-state index < -0.39 is 0 Å². The van der Waals surface area contributed by atoms with Gasteiger partial charge in [-0.25, -0.2) is 4.98 Å². The number of carbonyl (C=O) groups is 1. The third kappa shape index (κ3) is 3.09.